The van der Waals surface area contributed by atoms with Crippen LogP contribution in [0.25, 0.3) is 0 Å². The Kier molecular flexibility index (Phi) is 7.67. The van der Waals surface area contributed by atoms with Crippen LogP contribution in [0.4, 0.5) is 11.4 Å². The van der Waals surface area contributed by atoms with E-state index in [1.54, 1.807) is 17.0 Å². The Morgan fingerprint density at radius 1 is 0.963 bits per heavy atom. The molecule has 0 saturated heterocycles. The van der Waals surface area contributed by atoms with E-state index in [2.05, 4.69) is 5.32 Å². The molecule has 6 heteroatoms. The number of anilines is 2. The highest BCUT2D eigenvalue weighted by atomic mass is 16.5. The molecule has 2 amide bonds. The van der Waals surface area contributed by atoms with E-state index in [4.69, 9.17) is 9.47 Å². The van der Waals surface area contributed by atoms with Crippen LogP contribution in [0.5, 0.6) is 11.5 Å². The predicted molar refractivity (Wildman–Crippen MR) is 106 cm³/mol. The first-order valence-corrected chi connectivity index (χ1v) is 9.07. The monoisotopic (exact) mass is 370 g/mol. The fraction of sp³-hybridized carbons (Fsp3) is 0.333. The van der Waals surface area contributed by atoms with Crippen LogP contribution in [0, 0.1) is 0 Å². The number of carbonyl (C=O) groups excluding carboxylic acids is 2. The first-order valence-electron chi connectivity index (χ1n) is 9.07. The highest BCUT2D eigenvalue weighted by Crippen LogP contribution is 2.24. The third kappa shape index (κ3) is 6.02. The van der Waals surface area contributed by atoms with Crippen LogP contribution in [-0.2, 0) is 9.59 Å². The van der Waals surface area contributed by atoms with Crippen molar-refractivity contribution in [1.29, 1.82) is 0 Å². The minimum Gasteiger partial charge on any atom is -0.494 e. The molecule has 1 N–H and O–H groups in total. The topological polar surface area (TPSA) is 67.9 Å². The zero-order valence-electron chi connectivity index (χ0n) is 16.0. The summed E-state index contributed by atoms with van der Waals surface area (Å²) in [6.45, 7) is 6.67. The lowest BCUT2D eigenvalue weighted by Gasteiger charge is -2.21. The summed E-state index contributed by atoms with van der Waals surface area (Å²) in [4.78, 5) is 25.9. The van der Waals surface area contributed by atoms with Gasteiger partial charge in [-0.05, 0) is 50.2 Å². The normalized spacial score (nSPS) is 10.2. The number of ether oxygens (including phenoxy) is 2. The molecule has 2 aromatic rings. The van der Waals surface area contributed by atoms with Gasteiger partial charge in [-0.3, -0.25) is 9.59 Å². The summed E-state index contributed by atoms with van der Waals surface area (Å²) >= 11 is 0. The van der Waals surface area contributed by atoms with E-state index in [0.717, 1.165) is 11.4 Å². The number of benzene rings is 2. The summed E-state index contributed by atoms with van der Waals surface area (Å²) in [5.74, 6) is 1.07. The van der Waals surface area contributed by atoms with E-state index in [1.165, 1.54) is 6.92 Å². The quantitative estimate of drug-likeness (QED) is 0.728. The van der Waals surface area contributed by atoms with Crippen molar-refractivity contribution in [2.45, 2.75) is 27.2 Å². The molecule has 0 heterocycles. The molecule has 27 heavy (non-hydrogen) atoms. The SMILES string of the molecule is CCOc1ccc(N(CCC(=O)Nc2ccccc2OCC)C(C)=O)cc1. The van der Waals surface area contributed by atoms with Crippen LogP contribution >= 0.6 is 0 Å². The highest BCUT2D eigenvalue weighted by molar-refractivity contribution is 5.95. The van der Waals surface area contributed by atoms with Crippen molar-refractivity contribution in [3.8, 4) is 11.5 Å². The Hall–Kier alpha value is -3.02. The minimum absolute atomic E-state index is 0.123. The van der Waals surface area contributed by atoms with Crippen LogP contribution in [0.1, 0.15) is 27.2 Å². The molecule has 0 unspecified atom stereocenters. The molecule has 2 aromatic carbocycles. The molecule has 0 spiro atoms. The summed E-state index contributed by atoms with van der Waals surface area (Å²) < 4.78 is 10.9. The van der Waals surface area contributed by atoms with Gasteiger partial charge in [-0.15, -0.1) is 0 Å². The summed E-state index contributed by atoms with van der Waals surface area (Å²) in [5, 5.41) is 2.85. The van der Waals surface area contributed by atoms with Crippen molar-refractivity contribution in [1.82, 2.24) is 0 Å². The molecule has 0 saturated carbocycles. The molecular weight excluding hydrogens is 344 g/mol. The van der Waals surface area contributed by atoms with Gasteiger partial charge in [-0.25, -0.2) is 0 Å². The molecule has 0 aliphatic heterocycles. The van der Waals surface area contributed by atoms with Crippen molar-refractivity contribution in [2.75, 3.05) is 30.0 Å². The second-order valence-electron chi connectivity index (χ2n) is 5.82. The number of carbonyl (C=O) groups is 2. The van der Waals surface area contributed by atoms with Crippen LogP contribution in [-0.4, -0.2) is 31.6 Å². The first-order chi connectivity index (χ1) is 13.0. The Morgan fingerprint density at radius 3 is 2.26 bits per heavy atom. The predicted octanol–water partition coefficient (Wildman–Crippen LogP) is 3.87. The maximum atomic E-state index is 12.3. The van der Waals surface area contributed by atoms with E-state index in [1.807, 2.05) is 50.2 Å². The van der Waals surface area contributed by atoms with Crippen LogP contribution in [0.3, 0.4) is 0 Å². The fourth-order valence-electron chi connectivity index (χ4n) is 2.63. The number of para-hydroxylation sites is 2. The third-order valence-electron chi connectivity index (χ3n) is 3.86. The van der Waals surface area contributed by atoms with Crippen molar-refractivity contribution in [3.63, 3.8) is 0 Å². The number of nitrogens with one attached hydrogen (secondary N) is 1. The van der Waals surface area contributed by atoms with E-state index in [-0.39, 0.29) is 24.8 Å². The lowest BCUT2D eigenvalue weighted by atomic mass is 10.2. The van der Waals surface area contributed by atoms with Gasteiger partial charge in [0, 0.05) is 25.6 Å². The van der Waals surface area contributed by atoms with Gasteiger partial charge >= 0.3 is 0 Å². The zero-order valence-corrected chi connectivity index (χ0v) is 16.0. The molecule has 144 valence electrons. The summed E-state index contributed by atoms with van der Waals surface area (Å²) in [6.07, 6.45) is 0.174. The molecule has 0 atom stereocenters. The number of rotatable bonds is 9. The molecule has 0 radical (unpaired) electrons. The Balaban J connectivity index is 1.99. The molecule has 0 bridgehead atoms. The van der Waals surface area contributed by atoms with Gasteiger partial charge in [0.25, 0.3) is 0 Å². The Bertz CT molecular complexity index is 759. The van der Waals surface area contributed by atoms with E-state index >= 15 is 0 Å². The van der Waals surface area contributed by atoms with Crippen LogP contribution in [0.15, 0.2) is 48.5 Å². The number of amides is 2. The van der Waals surface area contributed by atoms with Gasteiger partial charge in [0.1, 0.15) is 11.5 Å². The van der Waals surface area contributed by atoms with E-state index < -0.39 is 0 Å². The van der Waals surface area contributed by atoms with E-state index in [9.17, 15) is 9.59 Å². The standard InChI is InChI=1S/C21H26N2O4/c1-4-26-18-12-10-17(11-13-18)23(16(3)24)15-14-21(25)22-19-8-6-7-9-20(19)27-5-2/h6-13H,4-5,14-15H2,1-3H3,(H,22,25). The average molecular weight is 370 g/mol. The van der Waals surface area contributed by atoms with Crippen molar-refractivity contribution < 1.29 is 19.1 Å². The first kappa shape index (κ1) is 20.3. The number of hydrogen-bond donors (Lipinski definition) is 1. The Labute approximate surface area is 160 Å². The maximum Gasteiger partial charge on any atom is 0.226 e. The zero-order chi connectivity index (χ0) is 19.6. The second kappa shape index (κ2) is 10.2. The molecule has 2 rings (SSSR count). The molecular formula is C21H26N2O4. The van der Waals surface area contributed by atoms with Gasteiger partial charge < -0.3 is 19.7 Å². The van der Waals surface area contributed by atoms with Crippen molar-refractivity contribution >= 4 is 23.2 Å². The molecule has 0 aliphatic carbocycles. The molecule has 6 nitrogen and oxygen atoms in total. The van der Waals surface area contributed by atoms with Gasteiger partial charge in [0.2, 0.25) is 11.8 Å². The lowest BCUT2D eigenvalue weighted by Crippen LogP contribution is -2.31. The van der Waals surface area contributed by atoms with Gasteiger partial charge in [-0.2, -0.15) is 0 Å². The van der Waals surface area contributed by atoms with Crippen molar-refractivity contribution in [3.05, 3.63) is 48.5 Å². The molecule has 0 aliphatic rings. The molecule has 0 aromatic heterocycles. The second-order valence-corrected chi connectivity index (χ2v) is 5.82. The van der Waals surface area contributed by atoms with Gasteiger partial charge in [0.15, 0.2) is 0 Å². The lowest BCUT2D eigenvalue weighted by molar-refractivity contribution is -0.117. The number of nitrogens with zero attached hydrogens (tertiary/aromatic N) is 1. The van der Waals surface area contributed by atoms with Crippen molar-refractivity contribution in [2.24, 2.45) is 0 Å². The van der Waals surface area contributed by atoms with Crippen LogP contribution in [0.2, 0.25) is 0 Å². The largest absolute Gasteiger partial charge is 0.494 e. The molecule has 0 fully saturated rings. The summed E-state index contributed by atoms with van der Waals surface area (Å²) in [5.41, 5.74) is 1.35. The highest BCUT2D eigenvalue weighted by Gasteiger charge is 2.14. The van der Waals surface area contributed by atoms with E-state index in [0.29, 0.717) is 24.7 Å². The minimum atomic E-state index is -0.181. The average Bonchev–Trinajstić information content (AvgIpc) is 2.65. The summed E-state index contributed by atoms with van der Waals surface area (Å²) in [7, 11) is 0. The fourth-order valence-corrected chi connectivity index (χ4v) is 2.63. The smallest absolute Gasteiger partial charge is 0.226 e. The Morgan fingerprint density at radius 2 is 1.63 bits per heavy atom. The van der Waals surface area contributed by atoms with Gasteiger partial charge in [0.05, 0.1) is 18.9 Å². The summed E-state index contributed by atoms with van der Waals surface area (Å²) in [6, 6.07) is 14.5. The van der Waals surface area contributed by atoms with Gasteiger partial charge in [-0.1, -0.05) is 12.1 Å². The maximum absolute atomic E-state index is 12.3. The van der Waals surface area contributed by atoms with Crippen LogP contribution < -0.4 is 19.7 Å². The third-order valence-corrected chi connectivity index (χ3v) is 3.86. The number of hydrogen-bond acceptors (Lipinski definition) is 4.